The third-order valence-electron chi connectivity index (χ3n) is 3.15. The first-order valence-corrected chi connectivity index (χ1v) is 6.40. The molecule has 0 fully saturated rings. The first-order valence-electron chi connectivity index (χ1n) is 6.40. The van der Waals surface area contributed by atoms with Crippen LogP contribution < -0.4 is 5.73 Å². The highest BCUT2D eigenvalue weighted by Crippen LogP contribution is 2.19. The van der Waals surface area contributed by atoms with Crippen molar-refractivity contribution in [2.75, 3.05) is 0 Å². The highest BCUT2D eigenvalue weighted by molar-refractivity contribution is 6.08. The van der Waals surface area contributed by atoms with E-state index in [0.29, 0.717) is 5.56 Å². The minimum Gasteiger partial charge on any atom is -0.507 e. The van der Waals surface area contributed by atoms with Crippen molar-refractivity contribution in [1.29, 1.82) is 0 Å². The fourth-order valence-electron chi connectivity index (χ4n) is 1.92. The van der Waals surface area contributed by atoms with E-state index in [2.05, 4.69) is 0 Å². The van der Waals surface area contributed by atoms with Crippen LogP contribution in [0.4, 0.5) is 0 Å². The van der Waals surface area contributed by atoms with E-state index < -0.39 is 5.91 Å². The number of phenols is 1. The predicted molar refractivity (Wildman–Crippen MR) is 81.2 cm³/mol. The third kappa shape index (κ3) is 3.36. The molecule has 3 N–H and O–H groups in total. The van der Waals surface area contributed by atoms with Crippen molar-refractivity contribution < 1.29 is 14.7 Å². The molecule has 21 heavy (non-hydrogen) atoms. The molecule has 0 saturated carbocycles. The average molecular weight is 281 g/mol. The molecule has 0 radical (unpaired) electrons. The molecule has 0 aliphatic rings. The Labute approximate surface area is 122 Å². The number of allylic oxidation sites excluding steroid dienone is 1. The Morgan fingerprint density at radius 3 is 2.52 bits per heavy atom. The van der Waals surface area contributed by atoms with Gasteiger partial charge < -0.3 is 10.8 Å². The van der Waals surface area contributed by atoms with Crippen LogP contribution in [0.15, 0.2) is 48.5 Å². The molecule has 0 atom stereocenters. The first kappa shape index (κ1) is 14.5. The number of hydrogen-bond acceptors (Lipinski definition) is 3. The summed E-state index contributed by atoms with van der Waals surface area (Å²) in [5.74, 6) is -1.27. The van der Waals surface area contributed by atoms with Gasteiger partial charge in [-0.2, -0.15) is 0 Å². The van der Waals surface area contributed by atoms with Crippen LogP contribution in [-0.2, 0) is 0 Å². The molecule has 0 aliphatic heterocycles. The smallest absolute Gasteiger partial charge is 0.252 e. The maximum atomic E-state index is 12.1. The van der Waals surface area contributed by atoms with Crippen molar-refractivity contribution in [2.45, 2.75) is 6.92 Å². The van der Waals surface area contributed by atoms with E-state index in [9.17, 15) is 14.7 Å². The monoisotopic (exact) mass is 281 g/mol. The fourth-order valence-corrected chi connectivity index (χ4v) is 1.92. The fraction of sp³-hybridized carbons (Fsp3) is 0.0588. The molecular formula is C17H15NO3. The van der Waals surface area contributed by atoms with Gasteiger partial charge in [0, 0.05) is 5.56 Å². The summed E-state index contributed by atoms with van der Waals surface area (Å²) in [6, 6.07) is 11.7. The molecule has 2 aromatic carbocycles. The molecule has 0 unspecified atom stereocenters. The van der Waals surface area contributed by atoms with Gasteiger partial charge in [0.05, 0.1) is 5.56 Å². The lowest BCUT2D eigenvalue weighted by atomic mass is 10.0. The molecule has 0 bridgehead atoms. The Bertz CT molecular complexity index is 733. The van der Waals surface area contributed by atoms with Gasteiger partial charge in [-0.05, 0) is 42.3 Å². The number of primary amides is 1. The van der Waals surface area contributed by atoms with E-state index in [1.165, 1.54) is 24.3 Å². The quantitative estimate of drug-likeness (QED) is 0.668. The van der Waals surface area contributed by atoms with Gasteiger partial charge in [-0.1, -0.05) is 30.3 Å². The zero-order chi connectivity index (χ0) is 15.4. The Kier molecular flexibility index (Phi) is 4.18. The zero-order valence-electron chi connectivity index (χ0n) is 11.5. The predicted octanol–water partition coefficient (Wildman–Crippen LogP) is 2.70. The molecule has 4 nitrogen and oxygen atoms in total. The normalized spacial score (nSPS) is 10.7. The van der Waals surface area contributed by atoms with Crippen LogP contribution in [0.3, 0.4) is 0 Å². The average Bonchev–Trinajstić information content (AvgIpc) is 2.46. The molecule has 1 amide bonds. The van der Waals surface area contributed by atoms with Crippen LogP contribution in [-0.4, -0.2) is 16.8 Å². The second-order valence-electron chi connectivity index (χ2n) is 4.65. The van der Waals surface area contributed by atoms with E-state index in [-0.39, 0.29) is 17.1 Å². The Morgan fingerprint density at radius 2 is 1.86 bits per heavy atom. The molecule has 0 aliphatic carbocycles. The zero-order valence-corrected chi connectivity index (χ0v) is 11.5. The van der Waals surface area contributed by atoms with Crippen molar-refractivity contribution in [3.05, 3.63) is 70.8 Å². The summed E-state index contributed by atoms with van der Waals surface area (Å²) in [5, 5.41) is 9.50. The SMILES string of the molecule is Cc1ccccc1/C=C/C(=O)c1ccc(O)c(C(N)=O)c1. The lowest BCUT2D eigenvalue weighted by molar-refractivity contribution is 0.0997. The first-order chi connectivity index (χ1) is 9.99. The molecule has 0 aromatic heterocycles. The van der Waals surface area contributed by atoms with Gasteiger partial charge in [-0.25, -0.2) is 0 Å². The van der Waals surface area contributed by atoms with E-state index in [0.717, 1.165) is 11.1 Å². The summed E-state index contributed by atoms with van der Waals surface area (Å²) in [6.45, 7) is 1.95. The Balaban J connectivity index is 2.27. The summed E-state index contributed by atoms with van der Waals surface area (Å²) in [5.41, 5.74) is 7.38. The minimum absolute atomic E-state index is 0.0647. The van der Waals surface area contributed by atoms with Crippen molar-refractivity contribution in [3.63, 3.8) is 0 Å². The van der Waals surface area contributed by atoms with Gasteiger partial charge in [0.1, 0.15) is 5.75 Å². The summed E-state index contributed by atoms with van der Waals surface area (Å²) in [4.78, 5) is 23.2. The van der Waals surface area contributed by atoms with Gasteiger partial charge in [0.25, 0.3) is 5.91 Å². The van der Waals surface area contributed by atoms with Gasteiger partial charge in [-0.15, -0.1) is 0 Å². The maximum Gasteiger partial charge on any atom is 0.252 e. The summed E-state index contributed by atoms with van der Waals surface area (Å²) in [7, 11) is 0. The molecule has 106 valence electrons. The van der Waals surface area contributed by atoms with Crippen molar-refractivity contribution >= 4 is 17.8 Å². The highest BCUT2D eigenvalue weighted by atomic mass is 16.3. The Morgan fingerprint density at radius 1 is 1.14 bits per heavy atom. The molecule has 2 rings (SSSR count). The largest absolute Gasteiger partial charge is 0.507 e. The lowest BCUT2D eigenvalue weighted by Gasteiger charge is -2.03. The number of nitrogens with two attached hydrogens (primary N) is 1. The molecule has 2 aromatic rings. The van der Waals surface area contributed by atoms with Crippen molar-refractivity contribution in [2.24, 2.45) is 5.73 Å². The van der Waals surface area contributed by atoms with Crippen LogP contribution in [0.2, 0.25) is 0 Å². The van der Waals surface area contributed by atoms with E-state index in [1.807, 2.05) is 31.2 Å². The van der Waals surface area contributed by atoms with Gasteiger partial charge in [0.2, 0.25) is 0 Å². The summed E-state index contributed by atoms with van der Waals surface area (Å²) >= 11 is 0. The van der Waals surface area contributed by atoms with E-state index in [4.69, 9.17) is 5.73 Å². The van der Waals surface area contributed by atoms with Crippen LogP contribution in [0.5, 0.6) is 5.75 Å². The molecule has 0 spiro atoms. The standard InChI is InChI=1S/C17H15NO3/c1-11-4-2-3-5-12(11)6-8-15(19)13-7-9-16(20)14(10-13)17(18)21/h2-10,20H,1H3,(H2,18,21)/b8-6+. The van der Waals surface area contributed by atoms with E-state index >= 15 is 0 Å². The number of rotatable bonds is 4. The Hall–Kier alpha value is -2.88. The number of amides is 1. The maximum absolute atomic E-state index is 12.1. The number of hydrogen-bond donors (Lipinski definition) is 2. The number of carbonyl (C=O) groups is 2. The lowest BCUT2D eigenvalue weighted by Crippen LogP contribution is -2.12. The van der Waals surface area contributed by atoms with Crippen LogP contribution in [0.1, 0.15) is 31.8 Å². The second-order valence-corrected chi connectivity index (χ2v) is 4.65. The summed E-state index contributed by atoms with van der Waals surface area (Å²) in [6.07, 6.45) is 3.15. The van der Waals surface area contributed by atoms with Gasteiger partial charge in [-0.3, -0.25) is 9.59 Å². The number of aryl methyl sites for hydroxylation is 1. The topological polar surface area (TPSA) is 80.4 Å². The second kappa shape index (κ2) is 6.05. The van der Waals surface area contributed by atoms with E-state index in [1.54, 1.807) is 6.08 Å². The molecular weight excluding hydrogens is 266 g/mol. The number of aromatic hydroxyl groups is 1. The number of ketones is 1. The van der Waals surface area contributed by atoms with Crippen LogP contribution in [0, 0.1) is 6.92 Å². The number of benzene rings is 2. The molecule has 0 heterocycles. The van der Waals surface area contributed by atoms with Gasteiger partial charge in [0.15, 0.2) is 5.78 Å². The van der Waals surface area contributed by atoms with Crippen molar-refractivity contribution in [3.8, 4) is 5.75 Å². The minimum atomic E-state index is -0.773. The number of carbonyl (C=O) groups excluding carboxylic acids is 2. The molecule has 0 saturated heterocycles. The van der Waals surface area contributed by atoms with Crippen molar-refractivity contribution in [1.82, 2.24) is 0 Å². The highest BCUT2D eigenvalue weighted by Gasteiger charge is 2.11. The van der Waals surface area contributed by atoms with Gasteiger partial charge >= 0.3 is 0 Å². The van der Waals surface area contributed by atoms with Crippen LogP contribution in [0.25, 0.3) is 6.08 Å². The summed E-state index contributed by atoms with van der Waals surface area (Å²) < 4.78 is 0. The molecule has 4 heteroatoms. The third-order valence-corrected chi connectivity index (χ3v) is 3.15. The van der Waals surface area contributed by atoms with Crippen LogP contribution >= 0.6 is 0 Å².